The van der Waals surface area contributed by atoms with Crippen LogP contribution < -0.4 is 22.5 Å². The van der Waals surface area contributed by atoms with Gasteiger partial charge < -0.3 is 5.73 Å². The molecule has 0 radical (unpaired) electrons. The third kappa shape index (κ3) is 2.30. The number of nitrogens with one attached hydrogen (secondary N) is 2. The number of nitrogen functional groups attached to an aromatic ring is 1. The van der Waals surface area contributed by atoms with Gasteiger partial charge in [0.1, 0.15) is 11.6 Å². The van der Waals surface area contributed by atoms with Crippen molar-refractivity contribution in [1.82, 2.24) is 19.6 Å². The van der Waals surface area contributed by atoms with Crippen molar-refractivity contribution in [2.24, 2.45) is 0 Å². The Kier molecular flexibility index (Phi) is 2.61. The van der Waals surface area contributed by atoms with Gasteiger partial charge in [-0.1, -0.05) is 0 Å². The minimum Gasteiger partial charge on any atom is -0.383 e. The third-order valence-corrected chi connectivity index (χ3v) is 2.06. The highest BCUT2D eigenvalue weighted by molar-refractivity contribution is 5.37. The van der Waals surface area contributed by atoms with Crippen molar-refractivity contribution in [1.29, 1.82) is 0 Å². The molecule has 0 bridgehead atoms. The first-order chi connectivity index (χ1) is 8.06. The van der Waals surface area contributed by atoms with Crippen LogP contribution in [0.4, 0.5) is 11.6 Å². The van der Waals surface area contributed by atoms with Gasteiger partial charge in [-0.2, -0.15) is 4.98 Å². The predicted octanol–water partition coefficient (Wildman–Crippen LogP) is -0.908. The van der Waals surface area contributed by atoms with Crippen LogP contribution in [-0.4, -0.2) is 19.6 Å². The summed E-state index contributed by atoms with van der Waals surface area (Å²) < 4.78 is 1.12. The van der Waals surface area contributed by atoms with Gasteiger partial charge in [-0.25, -0.2) is 19.2 Å². The molecule has 2 heterocycles. The first-order valence-corrected chi connectivity index (χ1v) is 4.74. The summed E-state index contributed by atoms with van der Waals surface area (Å²) in [4.78, 5) is 31.9. The van der Waals surface area contributed by atoms with Crippen molar-refractivity contribution in [3.8, 4) is 0 Å². The highest BCUT2D eigenvalue weighted by Crippen LogP contribution is 2.02. The molecule has 8 nitrogen and oxygen atoms in total. The predicted molar refractivity (Wildman–Crippen MR) is 61.5 cm³/mol. The van der Waals surface area contributed by atoms with Crippen LogP contribution in [0.1, 0.15) is 5.56 Å². The van der Waals surface area contributed by atoms with Gasteiger partial charge in [0.15, 0.2) is 0 Å². The lowest BCUT2D eigenvalue weighted by molar-refractivity contribution is 0.826. The van der Waals surface area contributed by atoms with E-state index in [2.05, 4.69) is 20.4 Å². The minimum atomic E-state index is -0.564. The lowest BCUT2D eigenvalue weighted by atomic mass is 10.4. The largest absolute Gasteiger partial charge is 0.383 e. The van der Waals surface area contributed by atoms with E-state index in [0.717, 1.165) is 4.68 Å². The molecule has 0 aromatic carbocycles. The maximum atomic E-state index is 11.5. The fourth-order valence-corrected chi connectivity index (χ4v) is 1.20. The quantitative estimate of drug-likeness (QED) is 0.619. The van der Waals surface area contributed by atoms with Gasteiger partial charge in [-0.15, -0.1) is 0 Å². The molecule has 4 N–H and O–H groups in total. The van der Waals surface area contributed by atoms with Crippen LogP contribution in [-0.2, 0) is 0 Å². The van der Waals surface area contributed by atoms with Crippen LogP contribution in [0.3, 0.4) is 0 Å². The molecule has 0 aliphatic rings. The zero-order valence-corrected chi connectivity index (χ0v) is 8.97. The number of H-pyrrole nitrogens is 1. The highest BCUT2D eigenvalue weighted by atomic mass is 16.2. The zero-order chi connectivity index (χ0) is 12.4. The van der Waals surface area contributed by atoms with Gasteiger partial charge in [0, 0.05) is 18.0 Å². The van der Waals surface area contributed by atoms with Crippen LogP contribution >= 0.6 is 0 Å². The van der Waals surface area contributed by atoms with Crippen molar-refractivity contribution in [2.75, 3.05) is 11.2 Å². The van der Waals surface area contributed by atoms with Crippen molar-refractivity contribution in [2.45, 2.75) is 6.92 Å². The number of hydrogen-bond donors (Lipinski definition) is 3. The molecule has 2 aromatic rings. The number of nitrogens with two attached hydrogens (primary N) is 1. The monoisotopic (exact) mass is 234 g/mol. The van der Waals surface area contributed by atoms with Crippen LogP contribution in [0.15, 0.2) is 28.0 Å². The molecule has 0 unspecified atom stereocenters. The topological polar surface area (TPSA) is 119 Å². The molecule has 0 atom stereocenters. The fourth-order valence-electron chi connectivity index (χ4n) is 1.20. The molecule has 0 saturated carbocycles. The second-order valence-electron chi connectivity index (χ2n) is 3.36. The van der Waals surface area contributed by atoms with Crippen molar-refractivity contribution in [3.05, 3.63) is 45.0 Å². The van der Waals surface area contributed by atoms with Gasteiger partial charge in [0.05, 0.1) is 0 Å². The standard InChI is InChI=1S/C9H10N6O2/c1-5-4-15(9(17)13-7(5)10)14-6-2-3-11-8(16)12-6/h2-4H,1H3,(H2,10,13,17)(H2,11,12,14,16). The fraction of sp³-hybridized carbons (Fsp3) is 0.111. The number of hydrogen-bond acceptors (Lipinski definition) is 6. The molecule has 0 spiro atoms. The summed E-state index contributed by atoms with van der Waals surface area (Å²) in [5, 5.41) is 0. The SMILES string of the molecule is Cc1cn(Nc2ccnc(=O)[nH]2)c(=O)nc1N. The molecule has 0 aliphatic carbocycles. The zero-order valence-electron chi connectivity index (χ0n) is 8.97. The Morgan fingerprint density at radius 1 is 1.47 bits per heavy atom. The number of aromatic nitrogens is 4. The molecule has 0 aliphatic heterocycles. The molecule has 2 aromatic heterocycles. The van der Waals surface area contributed by atoms with Gasteiger partial charge in [-0.05, 0) is 13.0 Å². The number of aryl methyl sites for hydroxylation is 1. The smallest absolute Gasteiger partial charge is 0.368 e. The summed E-state index contributed by atoms with van der Waals surface area (Å²) in [5.74, 6) is 0.509. The minimum absolute atomic E-state index is 0.177. The van der Waals surface area contributed by atoms with E-state index >= 15 is 0 Å². The lowest BCUT2D eigenvalue weighted by Gasteiger charge is -2.09. The first kappa shape index (κ1) is 10.9. The second-order valence-corrected chi connectivity index (χ2v) is 3.36. The molecule has 0 saturated heterocycles. The van der Waals surface area contributed by atoms with E-state index in [9.17, 15) is 9.59 Å². The molecular weight excluding hydrogens is 224 g/mol. The Bertz CT molecular complexity index is 659. The van der Waals surface area contributed by atoms with Crippen molar-refractivity contribution in [3.63, 3.8) is 0 Å². The molecule has 0 fully saturated rings. The normalized spacial score (nSPS) is 10.2. The Hall–Kier alpha value is -2.64. The molecule has 8 heteroatoms. The maximum absolute atomic E-state index is 11.5. The Labute approximate surface area is 95.1 Å². The maximum Gasteiger partial charge on any atom is 0.368 e. The molecule has 88 valence electrons. The van der Waals surface area contributed by atoms with E-state index in [1.807, 2.05) is 0 Å². The van der Waals surface area contributed by atoms with E-state index in [1.165, 1.54) is 18.5 Å². The summed E-state index contributed by atoms with van der Waals surface area (Å²) in [6, 6.07) is 1.51. The van der Waals surface area contributed by atoms with E-state index in [0.29, 0.717) is 11.4 Å². The van der Waals surface area contributed by atoms with Gasteiger partial charge >= 0.3 is 11.4 Å². The van der Waals surface area contributed by atoms with E-state index in [4.69, 9.17) is 5.73 Å². The number of nitrogens with zero attached hydrogens (tertiary/aromatic N) is 3. The number of aromatic amines is 1. The van der Waals surface area contributed by atoms with E-state index in [-0.39, 0.29) is 5.82 Å². The first-order valence-electron chi connectivity index (χ1n) is 4.74. The summed E-state index contributed by atoms with van der Waals surface area (Å²) in [7, 11) is 0. The summed E-state index contributed by atoms with van der Waals surface area (Å²) in [5.41, 5.74) is 7.73. The molecule has 2 rings (SSSR count). The number of anilines is 2. The van der Waals surface area contributed by atoms with Gasteiger partial charge in [-0.3, -0.25) is 10.4 Å². The van der Waals surface area contributed by atoms with Gasteiger partial charge in [0.2, 0.25) is 0 Å². The highest BCUT2D eigenvalue weighted by Gasteiger charge is 2.02. The van der Waals surface area contributed by atoms with Crippen molar-refractivity contribution >= 4 is 11.6 Å². The van der Waals surface area contributed by atoms with Crippen LogP contribution in [0.5, 0.6) is 0 Å². The summed E-state index contributed by atoms with van der Waals surface area (Å²) in [6.45, 7) is 1.72. The van der Waals surface area contributed by atoms with Crippen molar-refractivity contribution < 1.29 is 0 Å². The van der Waals surface area contributed by atoms with Crippen LogP contribution in [0, 0.1) is 6.92 Å². The Morgan fingerprint density at radius 2 is 2.24 bits per heavy atom. The Morgan fingerprint density at radius 3 is 2.94 bits per heavy atom. The number of rotatable bonds is 2. The average Bonchev–Trinajstić information content (AvgIpc) is 2.26. The average molecular weight is 234 g/mol. The van der Waals surface area contributed by atoms with Gasteiger partial charge in [0.25, 0.3) is 0 Å². The third-order valence-electron chi connectivity index (χ3n) is 2.06. The molecule has 17 heavy (non-hydrogen) atoms. The van der Waals surface area contributed by atoms with Crippen LogP contribution in [0.2, 0.25) is 0 Å². The molecular formula is C9H10N6O2. The second kappa shape index (κ2) is 4.08. The summed E-state index contributed by atoms with van der Waals surface area (Å²) >= 11 is 0. The lowest BCUT2D eigenvalue weighted by Crippen LogP contribution is -2.30. The van der Waals surface area contributed by atoms with Crippen LogP contribution in [0.25, 0.3) is 0 Å². The van der Waals surface area contributed by atoms with E-state index < -0.39 is 11.4 Å². The summed E-state index contributed by atoms with van der Waals surface area (Å²) in [6.07, 6.45) is 2.81. The Balaban J connectivity index is 2.40. The molecule has 0 amide bonds. The van der Waals surface area contributed by atoms with E-state index in [1.54, 1.807) is 6.92 Å².